The third-order valence-electron chi connectivity index (χ3n) is 8.20. The molecule has 2 aliphatic heterocycles. The zero-order valence-corrected chi connectivity index (χ0v) is 24.8. The lowest BCUT2D eigenvalue weighted by Gasteiger charge is -2.31. The predicted octanol–water partition coefficient (Wildman–Crippen LogP) is 4.12. The Balaban J connectivity index is 2.17. The van der Waals surface area contributed by atoms with Gasteiger partial charge < -0.3 is 29.5 Å². The number of hydrogen-bond acceptors (Lipinski definition) is 8. The largest absolute Gasteiger partial charge is 0.458 e. The zero-order valence-electron chi connectivity index (χ0n) is 24.8. The third kappa shape index (κ3) is 9.85. The Bertz CT molecular complexity index is 895. The standard InChI is InChI=1S/C31H50O8/c1-9-24(33)21(6)30-28(38-30)15-17(2)11-10-12-18(3)29-19(4)13-14-27(37-23(8)32)20(5)25(34)16-26(35)22(7)31(36)39-29/h10-14,17,19-22,24-30,33-35H,9,15-16H2,1-8H3. The Morgan fingerprint density at radius 2 is 1.82 bits per heavy atom. The number of rotatable bonds is 9. The summed E-state index contributed by atoms with van der Waals surface area (Å²) in [6.07, 6.45) is 7.66. The number of esters is 2. The minimum Gasteiger partial charge on any atom is -0.458 e. The average molecular weight is 551 g/mol. The van der Waals surface area contributed by atoms with Crippen LogP contribution in [-0.4, -0.2) is 70.0 Å². The van der Waals surface area contributed by atoms with Gasteiger partial charge in [0.15, 0.2) is 0 Å². The second kappa shape index (κ2) is 15.1. The molecule has 8 nitrogen and oxygen atoms in total. The molecule has 12 atom stereocenters. The van der Waals surface area contributed by atoms with Crippen LogP contribution in [0.15, 0.2) is 36.0 Å². The molecule has 0 saturated carbocycles. The van der Waals surface area contributed by atoms with Crippen molar-refractivity contribution < 1.29 is 39.1 Å². The SMILES string of the molecule is CCC(O)C(C)C1OC1CC(C)C=CC=C(C)C1OC(=O)C(C)C(O)CC(O)C(C)C(OC(C)=O)C=CC1C. The molecular weight excluding hydrogens is 500 g/mol. The van der Waals surface area contributed by atoms with E-state index in [1.807, 2.05) is 45.9 Å². The van der Waals surface area contributed by atoms with Crippen molar-refractivity contribution in [3.8, 4) is 0 Å². The number of cyclic esters (lactones) is 1. The number of hydrogen-bond donors (Lipinski definition) is 3. The molecule has 8 heteroatoms. The monoisotopic (exact) mass is 550 g/mol. The van der Waals surface area contributed by atoms with Crippen LogP contribution < -0.4 is 0 Å². The van der Waals surface area contributed by atoms with Crippen LogP contribution in [0.25, 0.3) is 0 Å². The second-order valence-corrected chi connectivity index (χ2v) is 11.7. The van der Waals surface area contributed by atoms with Crippen LogP contribution in [0.1, 0.15) is 74.7 Å². The summed E-state index contributed by atoms with van der Waals surface area (Å²) in [6, 6.07) is 0. The lowest BCUT2D eigenvalue weighted by Crippen LogP contribution is -2.39. The van der Waals surface area contributed by atoms with E-state index < -0.39 is 48.2 Å². The van der Waals surface area contributed by atoms with Crippen molar-refractivity contribution in [3.63, 3.8) is 0 Å². The summed E-state index contributed by atoms with van der Waals surface area (Å²) in [6.45, 7) is 14.6. The van der Waals surface area contributed by atoms with E-state index in [0.29, 0.717) is 0 Å². The summed E-state index contributed by atoms with van der Waals surface area (Å²) in [4.78, 5) is 24.6. The zero-order chi connectivity index (χ0) is 29.4. The fourth-order valence-electron chi connectivity index (χ4n) is 5.13. The second-order valence-electron chi connectivity index (χ2n) is 11.7. The number of aliphatic hydroxyl groups is 3. The quantitative estimate of drug-likeness (QED) is 0.169. The first-order valence-corrected chi connectivity index (χ1v) is 14.4. The molecule has 1 saturated heterocycles. The van der Waals surface area contributed by atoms with Gasteiger partial charge in [0.05, 0.1) is 36.4 Å². The molecule has 2 heterocycles. The van der Waals surface area contributed by atoms with Gasteiger partial charge in [0, 0.05) is 31.1 Å². The fraction of sp³-hybridized carbons (Fsp3) is 0.742. The average Bonchev–Trinajstić information content (AvgIpc) is 3.65. The van der Waals surface area contributed by atoms with Gasteiger partial charge in [-0.2, -0.15) is 0 Å². The Hall–Kier alpha value is -2.00. The highest BCUT2D eigenvalue weighted by Gasteiger charge is 2.45. The molecule has 12 unspecified atom stereocenters. The van der Waals surface area contributed by atoms with E-state index in [0.717, 1.165) is 18.4 Å². The summed E-state index contributed by atoms with van der Waals surface area (Å²) in [7, 11) is 0. The van der Waals surface area contributed by atoms with Crippen LogP contribution in [-0.2, 0) is 23.8 Å². The highest BCUT2D eigenvalue weighted by Crippen LogP contribution is 2.36. The highest BCUT2D eigenvalue weighted by molar-refractivity contribution is 5.73. The molecule has 39 heavy (non-hydrogen) atoms. The van der Waals surface area contributed by atoms with Gasteiger partial charge in [-0.1, -0.05) is 58.9 Å². The Morgan fingerprint density at radius 1 is 1.15 bits per heavy atom. The van der Waals surface area contributed by atoms with E-state index in [4.69, 9.17) is 14.2 Å². The minimum absolute atomic E-state index is 0.0412. The molecule has 1 fully saturated rings. The lowest BCUT2D eigenvalue weighted by atomic mass is 9.88. The number of allylic oxidation sites excluding steroid dienone is 3. The first kappa shape index (κ1) is 33.2. The van der Waals surface area contributed by atoms with Crippen LogP contribution in [0.5, 0.6) is 0 Å². The van der Waals surface area contributed by atoms with Gasteiger partial charge in [0.1, 0.15) is 12.2 Å². The molecule has 0 aliphatic carbocycles. The smallest absolute Gasteiger partial charge is 0.311 e. The van der Waals surface area contributed by atoms with E-state index in [-0.39, 0.29) is 42.5 Å². The van der Waals surface area contributed by atoms with E-state index in [1.165, 1.54) is 6.92 Å². The third-order valence-corrected chi connectivity index (χ3v) is 8.20. The van der Waals surface area contributed by atoms with Crippen molar-refractivity contribution in [2.45, 2.75) is 117 Å². The van der Waals surface area contributed by atoms with Gasteiger partial charge in [0.2, 0.25) is 0 Å². The van der Waals surface area contributed by atoms with Crippen molar-refractivity contribution in [1.82, 2.24) is 0 Å². The van der Waals surface area contributed by atoms with Crippen LogP contribution in [0, 0.1) is 29.6 Å². The summed E-state index contributed by atoms with van der Waals surface area (Å²) in [5, 5.41) is 31.3. The topological polar surface area (TPSA) is 126 Å². The summed E-state index contributed by atoms with van der Waals surface area (Å²) < 4.78 is 17.1. The maximum atomic E-state index is 12.9. The molecular formula is C31H50O8. The summed E-state index contributed by atoms with van der Waals surface area (Å²) in [5.41, 5.74) is 0.833. The summed E-state index contributed by atoms with van der Waals surface area (Å²) in [5.74, 6) is -2.17. The number of carbonyl (C=O) groups is 2. The molecule has 222 valence electrons. The lowest BCUT2D eigenvalue weighted by molar-refractivity contribution is -0.158. The molecule has 0 aromatic carbocycles. The van der Waals surface area contributed by atoms with Crippen molar-refractivity contribution >= 4 is 11.9 Å². The Labute approximate surface area is 234 Å². The minimum atomic E-state index is -1.10. The number of aliphatic hydroxyl groups excluding tert-OH is 3. The van der Waals surface area contributed by atoms with E-state index in [9.17, 15) is 24.9 Å². The van der Waals surface area contributed by atoms with E-state index >= 15 is 0 Å². The van der Waals surface area contributed by atoms with Crippen molar-refractivity contribution in [2.24, 2.45) is 29.6 Å². The Kier molecular flexibility index (Phi) is 12.9. The molecule has 3 N–H and O–H groups in total. The van der Waals surface area contributed by atoms with Gasteiger partial charge in [-0.3, -0.25) is 9.59 Å². The number of ether oxygens (including phenoxy) is 3. The fourth-order valence-corrected chi connectivity index (χ4v) is 5.13. The molecule has 0 aromatic heterocycles. The number of epoxide rings is 1. The maximum absolute atomic E-state index is 12.9. The summed E-state index contributed by atoms with van der Waals surface area (Å²) >= 11 is 0. The van der Waals surface area contributed by atoms with Gasteiger partial charge in [-0.25, -0.2) is 0 Å². The molecule has 0 bridgehead atoms. The number of carbonyl (C=O) groups excluding carboxylic acids is 2. The van der Waals surface area contributed by atoms with Crippen molar-refractivity contribution in [2.75, 3.05) is 0 Å². The van der Waals surface area contributed by atoms with E-state index in [1.54, 1.807) is 19.9 Å². The molecule has 2 aliphatic rings. The van der Waals surface area contributed by atoms with Gasteiger partial charge in [0.25, 0.3) is 0 Å². The molecule has 0 radical (unpaired) electrons. The first-order chi connectivity index (χ1) is 18.3. The van der Waals surface area contributed by atoms with Crippen molar-refractivity contribution in [3.05, 3.63) is 36.0 Å². The first-order valence-electron chi connectivity index (χ1n) is 14.4. The highest BCUT2D eigenvalue weighted by atomic mass is 16.6. The van der Waals surface area contributed by atoms with E-state index in [2.05, 4.69) is 13.0 Å². The van der Waals surface area contributed by atoms with Crippen LogP contribution in [0.2, 0.25) is 0 Å². The Morgan fingerprint density at radius 3 is 2.44 bits per heavy atom. The molecule has 0 spiro atoms. The van der Waals surface area contributed by atoms with Crippen molar-refractivity contribution in [1.29, 1.82) is 0 Å². The van der Waals surface area contributed by atoms with Gasteiger partial charge in [-0.05, 0) is 44.3 Å². The van der Waals surface area contributed by atoms with Crippen LogP contribution in [0.3, 0.4) is 0 Å². The van der Waals surface area contributed by atoms with Crippen LogP contribution >= 0.6 is 0 Å². The van der Waals surface area contributed by atoms with Gasteiger partial charge >= 0.3 is 11.9 Å². The molecule has 2 rings (SSSR count). The normalized spacial score (nSPS) is 36.8. The molecule has 0 amide bonds. The van der Waals surface area contributed by atoms with Crippen LogP contribution in [0.4, 0.5) is 0 Å². The molecule has 0 aromatic rings. The van der Waals surface area contributed by atoms with Gasteiger partial charge in [-0.15, -0.1) is 0 Å². The maximum Gasteiger partial charge on any atom is 0.311 e. The predicted molar refractivity (Wildman–Crippen MR) is 149 cm³/mol.